The number of methoxy groups -OCH3 is 1. The zero-order valence-electron chi connectivity index (χ0n) is 33.4. The lowest BCUT2D eigenvalue weighted by Crippen LogP contribution is -2.68. The van der Waals surface area contributed by atoms with Crippen molar-refractivity contribution in [2.45, 2.75) is 175 Å². The third-order valence-corrected chi connectivity index (χ3v) is 10.9. The Bertz CT molecular complexity index is 1290. The lowest BCUT2D eigenvalue weighted by atomic mass is 9.95. The van der Waals surface area contributed by atoms with Crippen LogP contribution in [0, 0.1) is 0 Å². The first-order valence-electron chi connectivity index (χ1n) is 20.0. The quantitative estimate of drug-likeness (QED) is 0.0376. The maximum atomic E-state index is 12.2. The third kappa shape index (κ3) is 12.7. The molecule has 0 radical (unpaired) electrons. The van der Waals surface area contributed by atoms with E-state index in [1.165, 1.54) is 14.0 Å². The average molecular weight is 878 g/mol. The van der Waals surface area contributed by atoms with Gasteiger partial charge in [0.05, 0.1) is 33.5 Å². The number of amides is 1. The van der Waals surface area contributed by atoms with Gasteiger partial charge in [0, 0.05) is 20.0 Å². The Morgan fingerprint density at radius 1 is 0.500 bits per heavy atom. The maximum Gasteiger partial charge on any atom is 0.305 e. The van der Waals surface area contributed by atoms with Crippen LogP contribution in [-0.2, 0) is 52.2 Å². The number of carbonyl (C=O) groups excluding carboxylic acids is 2. The number of carbonyl (C=O) groups is 2. The Labute approximate surface area is 345 Å². The molecule has 4 saturated heterocycles. The summed E-state index contributed by atoms with van der Waals surface area (Å²) in [5.41, 5.74) is 0. The molecule has 24 nitrogen and oxygen atoms in total. The van der Waals surface area contributed by atoms with Gasteiger partial charge in [-0.1, -0.05) is 25.7 Å². The normalized spacial score (nSPS) is 42.4. The summed E-state index contributed by atoms with van der Waals surface area (Å²) in [7, 11) is 1.34. The van der Waals surface area contributed by atoms with Gasteiger partial charge in [-0.25, -0.2) is 0 Å². The second-order valence-corrected chi connectivity index (χ2v) is 15.2. The van der Waals surface area contributed by atoms with Crippen molar-refractivity contribution in [1.29, 1.82) is 0 Å². The molecule has 0 aromatic rings. The Hall–Kier alpha value is -1.86. The number of unbranched alkanes of at least 4 members (excludes halogenated alkanes) is 5. The van der Waals surface area contributed by atoms with Gasteiger partial charge in [0.1, 0.15) is 97.6 Å². The predicted octanol–water partition coefficient (Wildman–Crippen LogP) is -6.68. The standard InChI is InChI=1S/C36H63NO23/c1-15(42)37-21-25(47)30(19(14-41)57-33(21)53-10-8-6-4-3-5-7-9-20(43)52-2)58-35-28(50)32(24(46)17(12-39)55-35)60-36-29(51)31(23(45)18(13-40)56-36)59-34-27(49)26(48)22(44)16(11-38)54-34/h16-19,21-36,38-41,44-51H,3-14H2,1-2H3,(H,37,42)/t16-,17-,18-,19-,21-,22+,23+,24+,25-,26+,27-,28-,29-,30-,31+,32+,33-,34-,35+,36+/m1/s1. The molecule has 4 aliphatic rings. The fourth-order valence-corrected chi connectivity index (χ4v) is 7.44. The summed E-state index contributed by atoms with van der Waals surface area (Å²) >= 11 is 0. The molecule has 24 heteroatoms. The first kappa shape index (κ1) is 50.8. The molecule has 0 unspecified atom stereocenters. The number of hydrogen-bond donors (Lipinski definition) is 13. The molecule has 0 aromatic carbocycles. The van der Waals surface area contributed by atoms with Crippen LogP contribution in [-0.4, -0.2) is 236 Å². The highest BCUT2D eigenvalue weighted by Gasteiger charge is 2.55. The monoisotopic (exact) mass is 877 g/mol. The minimum Gasteiger partial charge on any atom is -0.469 e. The second-order valence-electron chi connectivity index (χ2n) is 15.2. The number of aliphatic hydroxyl groups excluding tert-OH is 12. The van der Waals surface area contributed by atoms with Gasteiger partial charge in [-0.2, -0.15) is 0 Å². The molecule has 1 amide bonds. The Balaban J connectivity index is 1.43. The molecule has 13 N–H and O–H groups in total. The minimum absolute atomic E-state index is 0.149. The maximum absolute atomic E-state index is 12.2. The van der Waals surface area contributed by atoms with Crippen molar-refractivity contribution in [3.05, 3.63) is 0 Å². The van der Waals surface area contributed by atoms with Crippen molar-refractivity contribution in [3.8, 4) is 0 Å². The summed E-state index contributed by atoms with van der Waals surface area (Å²) in [5, 5.41) is 130. The van der Waals surface area contributed by atoms with Gasteiger partial charge in [-0.3, -0.25) is 9.59 Å². The van der Waals surface area contributed by atoms with Crippen LogP contribution in [0.25, 0.3) is 0 Å². The Morgan fingerprint density at radius 3 is 1.42 bits per heavy atom. The van der Waals surface area contributed by atoms with Crippen LogP contribution < -0.4 is 5.32 Å². The molecule has 0 spiro atoms. The van der Waals surface area contributed by atoms with E-state index < -0.39 is 155 Å². The summed E-state index contributed by atoms with van der Waals surface area (Å²) in [6, 6.07) is -1.27. The number of rotatable bonds is 21. The van der Waals surface area contributed by atoms with Crippen LogP contribution in [0.2, 0.25) is 0 Å². The molecular weight excluding hydrogens is 814 g/mol. The molecule has 4 rings (SSSR count). The molecule has 60 heavy (non-hydrogen) atoms. The third-order valence-electron chi connectivity index (χ3n) is 10.9. The summed E-state index contributed by atoms with van der Waals surface area (Å²) in [6.45, 7) is -2.06. The molecule has 0 saturated carbocycles. The summed E-state index contributed by atoms with van der Waals surface area (Å²) < 4.78 is 50.2. The number of nitrogens with one attached hydrogen (secondary N) is 1. The minimum atomic E-state index is -2.06. The predicted molar refractivity (Wildman–Crippen MR) is 194 cm³/mol. The van der Waals surface area contributed by atoms with E-state index in [1.807, 2.05) is 0 Å². The number of ether oxygens (including phenoxy) is 9. The van der Waals surface area contributed by atoms with Gasteiger partial charge in [-0.15, -0.1) is 0 Å². The molecular formula is C36H63NO23. The largest absolute Gasteiger partial charge is 0.469 e. The first-order chi connectivity index (χ1) is 28.6. The topological polar surface area (TPSA) is 372 Å². The second kappa shape index (κ2) is 24.3. The van der Waals surface area contributed by atoms with Gasteiger partial charge < -0.3 is 109 Å². The van der Waals surface area contributed by atoms with E-state index in [-0.39, 0.29) is 12.6 Å². The number of aliphatic hydroxyl groups is 12. The molecule has 0 bridgehead atoms. The van der Waals surface area contributed by atoms with Crippen molar-refractivity contribution in [2.75, 3.05) is 40.1 Å². The van der Waals surface area contributed by atoms with E-state index in [1.54, 1.807) is 0 Å². The van der Waals surface area contributed by atoms with Crippen LogP contribution in [0.1, 0.15) is 51.9 Å². The van der Waals surface area contributed by atoms with Gasteiger partial charge >= 0.3 is 5.97 Å². The molecule has 4 heterocycles. The molecule has 0 aliphatic carbocycles. The van der Waals surface area contributed by atoms with E-state index in [4.69, 9.17) is 37.9 Å². The molecule has 0 aromatic heterocycles. The van der Waals surface area contributed by atoms with Crippen LogP contribution in [0.3, 0.4) is 0 Å². The fourth-order valence-electron chi connectivity index (χ4n) is 7.44. The summed E-state index contributed by atoms with van der Waals surface area (Å²) in [6.07, 6.45) is -28.3. The van der Waals surface area contributed by atoms with E-state index in [0.717, 1.165) is 25.7 Å². The van der Waals surface area contributed by atoms with Crippen molar-refractivity contribution in [1.82, 2.24) is 5.32 Å². The number of esters is 1. The van der Waals surface area contributed by atoms with Crippen LogP contribution in [0.5, 0.6) is 0 Å². The van der Waals surface area contributed by atoms with Gasteiger partial charge in [0.2, 0.25) is 5.91 Å². The van der Waals surface area contributed by atoms with Crippen molar-refractivity contribution in [2.24, 2.45) is 0 Å². The zero-order valence-corrected chi connectivity index (χ0v) is 33.4. The van der Waals surface area contributed by atoms with E-state index in [2.05, 4.69) is 10.1 Å². The van der Waals surface area contributed by atoms with E-state index >= 15 is 0 Å². The summed E-state index contributed by atoms with van der Waals surface area (Å²) in [4.78, 5) is 23.5. The highest BCUT2D eigenvalue weighted by molar-refractivity contribution is 5.73. The molecule has 4 aliphatic heterocycles. The molecule has 350 valence electrons. The van der Waals surface area contributed by atoms with Crippen molar-refractivity contribution < 1.29 is 113 Å². The Kier molecular flexibility index (Phi) is 20.5. The van der Waals surface area contributed by atoms with Crippen LogP contribution in [0.15, 0.2) is 0 Å². The Morgan fingerprint density at radius 2 is 0.933 bits per heavy atom. The highest BCUT2D eigenvalue weighted by atomic mass is 16.8. The van der Waals surface area contributed by atoms with Gasteiger partial charge in [0.15, 0.2) is 25.2 Å². The van der Waals surface area contributed by atoms with Crippen molar-refractivity contribution in [3.63, 3.8) is 0 Å². The lowest BCUT2D eigenvalue weighted by molar-refractivity contribution is -0.388. The number of hydrogen-bond acceptors (Lipinski definition) is 23. The van der Waals surface area contributed by atoms with Crippen LogP contribution >= 0.6 is 0 Å². The smallest absolute Gasteiger partial charge is 0.305 e. The van der Waals surface area contributed by atoms with Crippen molar-refractivity contribution >= 4 is 11.9 Å². The zero-order chi connectivity index (χ0) is 44.3. The van der Waals surface area contributed by atoms with E-state index in [9.17, 15) is 70.9 Å². The molecule has 20 atom stereocenters. The summed E-state index contributed by atoms with van der Waals surface area (Å²) in [5.74, 6) is -0.845. The highest BCUT2D eigenvalue weighted by Crippen LogP contribution is 2.34. The molecule has 4 fully saturated rings. The average Bonchev–Trinajstić information content (AvgIpc) is 3.23. The fraction of sp³-hybridized carbons (Fsp3) is 0.944. The SMILES string of the molecule is COC(=O)CCCCCCCCO[C@@H]1O[C@H](CO)[C@@H](O[C@@H]2O[C@H](CO)[C@H](O)[C@H](O[C@@H]3O[C@H](CO)[C@H](O)[C@H](O[C@H]4O[C@H](CO)[C@H](O)[C@H](O)[C@H]4O)[C@H]3O)[C@H]2O)[C@H](O)[C@H]1NC(C)=O. The van der Waals surface area contributed by atoms with E-state index in [0.29, 0.717) is 19.3 Å². The lowest BCUT2D eigenvalue weighted by Gasteiger charge is -2.49. The van der Waals surface area contributed by atoms with Gasteiger partial charge in [-0.05, 0) is 12.8 Å². The van der Waals surface area contributed by atoms with Gasteiger partial charge in [0.25, 0.3) is 0 Å². The first-order valence-corrected chi connectivity index (χ1v) is 20.0. The van der Waals surface area contributed by atoms with Crippen LogP contribution in [0.4, 0.5) is 0 Å².